The molecule has 0 saturated carbocycles. The normalized spacial score (nSPS) is 10.8. The predicted molar refractivity (Wildman–Crippen MR) is 120 cm³/mol. The number of para-hydroxylation sites is 2. The van der Waals surface area contributed by atoms with Gasteiger partial charge in [0.2, 0.25) is 0 Å². The Morgan fingerprint density at radius 2 is 1.72 bits per heavy atom. The van der Waals surface area contributed by atoms with Gasteiger partial charge in [-0.25, -0.2) is 4.68 Å². The molecule has 0 aliphatic rings. The molecule has 0 bridgehead atoms. The molecule has 0 aliphatic heterocycles. The van der Waals surface area contributed by atoms with Crippen molar-refractivity contribution in [2.75, 3.05) is 5.32 Å². The molecule has 0 unspecified atom stereocenters. The van der Waals surface area contributed by atoms with Crippen molar-refractivity contribution in [3.8, 4) is 16.9 Å². The number of hydrazone groups is 1. The third-order valence-corrected chi connectivity index (χ3v) is 4.29. The number of hydrogen-bond acceptors (Lipinski definition) is 4. The van der Waals surface area contributed by atoms with Crippen molar-refractivity contribution < 1.29 is 0 Å². The number of thiocarbonyl (C=S) groups is 1. The monoisotopic (exact) mass is 398 g/mol. The molecule has 0 aliphatic carbocycles. The summed E-state index contributed by atoms with van der Waals surface area (Å²) in [6.07, 6.45) is 7.15. The largest absolute Gasteiger partial charge is 0.331 e. The fraction of sp³-hybridized carbons (Fsp3) is 0. The van der Waals surface area contributed by atoms with E-state index in [1.807, 2.05) is 83.7 Å². The standard InChI is InChI=1S/C22H18N6S/c29-22(25-19-9-3-1-4-10-19)26-24-15-18-16-28(20-11-5-2-6-12-20)27-21(18)17-8-7-13-23-14-17/h1-16H,(H2,25,26,29). The quantitative estimate of drug-likeness (QED) is 0.299. The van der Waals surface area contributed by atoms with Crippen LogP contribution in [0, 0.1) is 0 Å². The summed E-state index contributed by atoms with van der Waals surface area (Å²) in [7, 11) is 0. The number of pyridine rings is 1. The van der Waals surface area contributed by atoms with Crippen molar-refractivity contribution in [3.63, 3.8) is 0 Å². The summed E-state index contributed by atoms with van der Waals surface area (Å²) in [4.78, 5) is 4.20. The average molecular weight is 398 g/mol. The van der Waals surface area contributed by atoms with E-state index in [4.69, 9.17) is 17.3 Å². The fourth-order valence-electron chi connectivity index (χ4n) is 2.76. The molecular formula is C22H18N6S. The van der Waals surface area contributed by atoms with Crippen LogP contribution in [-0.2, 0) is 0 Å². The lowest BCUT2D eigenvalue weighted by molar-refractivity contribution is 0.884. The second-order valence-corrected chi connectivity index (χ2v) is 6.55. The predicted octanol–water partition coefficient (Wildman–Crippen LogP) is 4.25. The fourth-order valence-corrected chi connectivity index (χ4v) is 2.93. The van der Waals surface area contributed by atoms with Crippen LogP contribution in [0.2, 0.25) is 0 Å². The zero-order chi connectivity index (χ0) is 19.9. The van der Waals surface area contributed by atoms with Crippen LogP contribution in [0.4, 0.5) is 5.69 Å². The van der Waals surface area contributed by atoms with Gasteiger partial charge in [-0.05, 0) is 48.6 Å². The summed E-state index contributed by atoms with van der Waals surface area (Å²) < 4.78 is 1.82. The Labute approximate surface area is 173 Å². The molecule has 29 heavy (non-hydrogen) atoms. The van der Waals surface area contributed by atoms with Crippen molar-refractivity contribution in [2.45, 2.75) is 0 Å². The molecule has 142 valence electrons. The van der Waals surface area contributed by atoms with Gasteiger partial charge in [0.15, 0.2) is 5.11 Å². The van der Waals surface area contributed by atoms with E-state index in [0.717, 1.165) is 28.2 Å². The van der Waals surface area contributed by atoms with Gasteiger partial charge in [-0.15, -0.1) is 0 Å². The molecule has 2 N–H and O–H groups in total. The van der Waals surface area contributed by atoms with Crippen molar-refractivity contribution in [1.29, 1.82) is 0 Å². The molecule has 2 aromatic heterocycles. The van der Waals surface area contributed by atoms with Gasteiger partial charge >= 0.3 is 0 Å². The molecule has 0 amide bonds. The van der Waals surface area contributed by atoms with E-state index in [0.29, 0.717) is 5.11 Å². The number of nitrogens with one attached hydrogen (secondary N) is 2. The van der Waals surface area contributed by atoms with Gasteiger partial charge in [0, 0.05) is 35.4 Å². The van der Waals surface area contributed by atoms with E-state index < -0.39 is 0 Å². The van der Waals surface area contributed by atoms with Crippen LogP contribution in [-0.4, -0.2) is 26.1 Å². The highest BCUT2D eigenvalue weighted by atomic mass is 32.1. The van der Waals surface area contributed by atoms with Crippen molar-refractivity contribution in [2.24, 2.45) is 5.10 Å². The van der Waals surface area contributed by atoms with E-state index in [9.17, 15) is 0 Å². The lowest BCUT2D eigenvalue weighted by atomic mass is 10.1. The van der Waals surface area contributed by atoms with Crippen LogP contribution in [0.3, 0.4) is 0 Å². The van der Waals surface area contributed by atoms with Gasteiger partial charge in [0.1, 0.15) is 5.69 Å². The number of benzene rings is 2. The van der Waals surface area contributed by atoms with E-state index in [-0.39, 0.29) is 0 Å². The first-order valence-corrected chi connectivity index (χ1v) is 9.41. The topological polar surface area (TPSA) is 67.1 Å². The lowest BCUT2D eigenvalue weighted by Gasteiger charge is -2.06. The number of aromatic nitrogens is 3. The molecule has 2 aromatic carbocycles. The molecule has 0 spiro atoms. The molecule has 0 saturated heterocycles. The van der Waals surface area contributed by atoms with Crippen LogP contribution in [0.25, 0.3) is 16.9 Å². The molecule has 4 rings (SSSR count). The Bertz CT molecular complexity index is 1110. The van der Waals surface area contributed by atoms with Crippen LogP contribution >= 0.6 is 12.2 Å². The first-order valence-electron chi connectivity index (χ1n) is 9.00. The van der Waals surface area contributed by atoms with E-state index >= 15 is 0 Å². The van der Waals surface area contributed by atoms with Gasteiger partial charge < -0.3 is 5.32 Å². The third kappa shape index (κ3) is 4.72. The van der Waals surface area contributed by atoms with Crippen molar-refractivity contribution in [3.05, 3.63) is 97.0 Å². The van der Waals surface area contributed by atoms with E-state index in [1.54, 1.807) is 18.6 Å². The first-order chi connectivity index (χ1) is 14.3. The van der Waals surface area contributed by atoms with Crippen LogP contribution in [0.5, 0.6) is 0 Å². The smallest absolute Gasteiger partial charge is 0.191 e. The van der Waals surface area contributed by atoms with Gasteiger partial charge in [-0.3, -0.25) is 10.4 Å². The summed E-state index contributed by atoms with van der Waals surface area (Å²) in [5.74, 6) is 0. The Hall–Kier alpha value is -3.84. The molecule has 7 heteroatoms. The second kappa shape index (κ2) is 8.90. The second-order valence-electron chi connectivity index (χ2n) is 6.15. The Kier molecular flexibility index (Phi) is 5.68. The maximum absolute atomic E-state index is 5.29. The van der Waals surface area contributed by atoms with Gasteiger partial charge in [-0.2, -0.15) is 10.2 Å². The van der Waals surface area contributed by atoms with Crippen molar-refractivity contribution in [1.82, 2.24) is 20.2 Å². The summed E-state index contributed by atoms with van der Waals surface area (Å²) in [5.41, 5.74) is 7.25. The number of anilines is 1. The Balaban J connectivity index is 1.56. The molecule has 2 heterocycles. The molecule has 0 atom stereocenters. The molecule has 4 aromatic rings. The summed E-state index contributed by atoms with van der Waals surface area (Å²) in [6, 6.07) is 23.5. The zero-order valence-corrected chi connectivity index (χ0v) is 16.3. The maximum atomic E-state index is 5.29. The molecule has 6 nitrogen and oxygen atoms in total. The number of hydrogen-bond donors (Lipinski definition) is 2. The summed E-state index contributed by atoms with van der Waals surface area (Å²) in [6.45, 7) is 0. The maximum Gasteiger partial charge on any atom is 0.191 e. The summed E-state index contributed by atoms with van der Waals surface area (Å²) in [5, 5.41) is 12.5. The Morgan fingerprint density at radius 3 is 2.45 bits per heavy atom. The number of rotatable bonds is 5. The minimum Gasteiger partial charge on any atom is -0.331 e. The minimum atomic E-state index is 0.408. The average Bonchev–Trinajstić information content (AvgIpc) is 3.20. The highest BCUT2D eigenvalue weighted by Crippen LogP contribution is 2.21. The van der Waals surface area contributed by atoms with E-state index in [2.05, 4.69) is 20.8 Å². The zero-order valence-electron chi connectivity index (χ0n) is 15.4. The van der Waals surface area contributed by atoms with Gasteiger partial charge in [-0.1, -0.05) is 36.4 Å². The summed E-state index contributed by atoms with van der Waals surface area (Å²) >= 11 is 5.29. The van der Waals surface area contributed by atoms with Crippen LogP contribution < -0.4 is 10.7 Å². The third-order valence-electron chi connectivity index (χ3n) is 4.10. The van der Waals surface area contributed by atoms with Crippen LogP contribution in [0.1, 0.15) is 5.56 Å². The van der Waals surface area contributed by atoms with E-state index in [1.165, 1.54) is 0 Å². The molecule has 0 radical (unpaired) electrons. The SMILES string of the molecule is S=C(NN=Cc1cn(-c2ccccc2)nc1-c1cccnc1)Nc1ccccc1. The highest BCUT2D eigenvalue weighted by molar-refractivity contribution is 7.80. The number of nitrogens with zero attached hydrogens (tertiary/aromatic N) is 4. The van der Waals surface area contributed by atoms with Gasteiger partial charge in [0.25, 0.3) is 0 Å². The first kappa shape index (κ1) is 18.5. The van der Waals surface area contributed by atoms with Crippen molar-refractivity contribution >= 4 is 29.2 Å². The Morgan fingerprint density at radius 1 is 0.966 bits per heavy atom. The van der Waals surface area contributed by atoms with Crippen LogP contribution in [0.15, 0.2) is 96.5 Å². The molecular weight excluding hydrogens is 380 g/mol. The molecule has 0 fully saturated rings. The lowest BCUT2D eigenvalue weighted by Crippen LogP contribution is -2.23. The van der Waals surface area contributed by atoms with Gasteiger partial charge in [0.05, 0.1) is 11.9 Å². The minimum absolute atomic E-state index is 0.408. The highest BCUT2D eigenvalue weighted by Gasteiger charge is 2.11.